The van der Waals surface area contributed by atoms with Crippen LogP contribution in [-0.2, 0) is 13.1 Å². The van der Waals surface area contributed by atoms with Gasteiger partial charge in [0.1, 0.15) is 5.82 Å². The summed E-state index contributed by atoms with van der Waals surface area (Å²) in [4.78, 5) is 4.40. The molecule has 0 amide bonds. The zero-order chi connectivity index (χ0) is 13.0. The van der Waals surface area contributed by atoms with Gasteiger partial charge in [-0.05, 0) is 52.7 Å². The van der Waals surface area contributed by atoms with Crippen LogP contribution in [0.1, 0.15) is 17.0 Å². The van der Waals surface area contributed by atoms with Crippen LogP contribution in [0.15, 0.2) is 40.9 Å². The molecule has 0 radical (unpaired) electrons. The van der Waals surface area contributed by atoms with E-state index in [2.05, 4.69) is 26.2 Å². The van der Waals surface area contributed by atoms with Crippen LogP contribution in [-0.4, -0.2) is 4.98 Å². The highest BCUT2D eigenvalue weighted by atomic mass is 79.9. The van der Waals surface area contributed by atoms with Crippen LogP contribution in [0.3, 0.4) is 0 Å². The molecular weight excluding hydrogens is 295 g/mol. The number of rotatable bonds is 4. The molecule has 0 aliphatic rings. The van der Waals surface area contributed by atoms with Crippen LogP contribution < -0.4 is 5.32 Å². The number of hydrogen-bond donors (Lipinski definition) is 1. The quantitative estimate of drug-likeness (QED) is 0.934. The van der Waals surface area contributed by atoms with Crippen molar-refractivity contribution in [3.05, 3.63) is 63.6 Å². The number of aromatic nitrogens is 1. The molecule has 1 N–H and O–H groups in total. The van der Waals surface area contributed by atoms with Gasteiger partial charge in [0.25, 0.3) is 0 Å². The number of benzene rings is 1. The molecule has 4 heteroatoms. The van der Waals surface area contributed by atoms with Gasteiger partial charge in [-0.25, -0.2) is 4.39 Å². The van der Waals surface area contributed by atoms with Gasteiger partial charge >= 0.3 is 0 Å². The third-order valence-electron chi connectivity index (χ3n) is 2.57. The van der Waals surface area contributed by atoms with Crippen LogP contribution in [0.2, 0.25) is 0 Å². The SMILES string of the molecule is Cc1cccc(CNCc2ccc(F)c(Br)c2)n1. The molecule has 0 spiro atoms. The van der Waals surface area contributed by atoms with Crippen LogP contribution in [0, 0.1) is 12.7 Å². The standard InChI is InChI=1S/C14H14BrFN2/c1-10-3-2-4-12(18-10)9-17-8-11-5-6-14(16)13(15)7-11/h2-7,17H,8-9H2,1H3. The molecule has 0 atom stereocenters. The van der Waals surface area contributed by atoms with Crippen molar-refractivity contribution in [2.45, 2.75) is 20.0 Å². The number of aryl methyl sites for hydroxylation is 1. The van der Waals surface area contributed by atoms with Crippen LogP contribution in [0.4, 0.5) is 4.39 Å². The average molecular weight is 309 g/mol. The van der Waals surface area contributed by atoms with Gasteiger partial charge in [-0.2, -0.15) is 0 Å². The summed E-state index contributed by atoms with van der Waals surface area (Å²) in [5.41, 5.74) is 3.06. The summed E-state index contributed by atoms with van der Waals surface area (Å²) in [6.07, 6.45) is 0. The lowest BCUT2D eigenvalue weighted by atomic mass is 10.2. The minimum Gasteiger partial charge on any atom is -0.307 e. The van der Waals surface area contributed by atoms with Crippen molar-refractivity contribution in [3.8, 4) is 0 Å². The lowest BCUT2D eigenvalue weighted by Crippen LogP contribution is -2.13. The highest BCUT2D eigenvalue weighted by Gasteiger charge is 2.00. The summed E-state index contributed by atoms with van der Waals surface area (Å²) in [6, 6.07) is 11.0. The predicted octanol–water partition coefficient (Wildman–Crippen LogP) is 3.58. The molecule has 18 heavy (non-hydrogen) atoms. The molecule has 1 aromatic heterocycles. The van der Waals surface area contributed by atoms with E-state index >= 15 is 0 Å². The van der Waals surface area contributed by atoms with E-state index in [1.807, 2.05) is 25.1 Å². The predicted molar refractivity (Wildman–Crippen MR) is 73.6 cm³/mol. The van der Waals surface area contributed by atoms with Gasteiger partial charge in [-0.1, -0.05) is 12.1 Å². The van der Waals surface area contributed by atoms with Gasteiger partial charge in [0.15, 0.2) is 0 Å². The second kappa shape index (κ2) is 6.07. The van der Waals surface area contributed by atoms with E-state index < -0.39 is 0 Å². The molecule has 0 saturated heterocycles. The third-order valence-corrected chi connectivity index (χ3v) is 3.17. The zero-order valence-electron chi connectivity index (χ0n) is 10.1. The van der Waals surface area contributed by atoms with E-state index in [4.69, 9.17) is 0 Å². The zero-order valence-corrected chi connectivity index (χ0v) is 11.7. The first-order valence-electron chi connectivity index (χ1n) is 5.72. The number of pyridine rings is 1. The molecular formula is C14H14BrFN2. The van der Waals surface area contributed by atoms with Gasteiger partial charge in [0.05, 0.1) is 10.2 Å². The van der Waals surface area contributed by atoms with Crippen LogP contribution in [0.25, 0.3) is 0 Å². The first-order chi connectivity index (χ1) is 8.65. The van der Waals surface area contributed by atoms with Crippen molar-refractivity contribution >= 4 is 15.9 Å². The molecule has 94 valence electrons. The monoisotopic (exact) mass is 308 g/mol. The van der Waals surface area contributed by atoms with E-state index in [-0.39, 0.29) is 5.82 Å². The van der Waals surface area contributed by atoms with E-state index in [1.165, 1.54) is 6.07 Å². The third kappa shape index (κ3) is 3.62. The van der Waals surface area contributed by atoms with Crippen molar-refractivity contribution in [1.29, 1.82) is 0 Å². The molecule has 1 heterocycles. The fourth-order valence-corrected chi connectivity index (χ4v) is 2.11. The van der Waals surface area contributed by atoms with E-state index in [1.54, 1.807) is 12.1 Å². The molecule has 0 unspecified atom stereocenters. The Balaban J connectivity index is 1.90. The number of halogens is 2. The minimum atomic E-state index is -0.237. The molecule has 0 bridgehead atoms. The highest BCUT2D eigenvalue weighted by molar-refractivity contribution is 9.10. The van der Waals surface area contributed by atoms with Crippen molar-refractivity contribution in [2.24, 2.45) is 0 Å². The summed E-state index contributed by atoms with van der Waals surface area (Å²) in [5.74, 6) is -0.237. The molecule has 2 rings (SSSR count). The topological polar surface area (TPSA) is 24.9 Å². The lowest BCUT2D eigenvalue weighted by Gasteiger charge is -2.06. The van der Waals surface area contributed by atoms with Gasteiger partial charge in [-0.3, -0.25) is 4.98 Å². The van der Waals surface area contributed by atoms with E-state index in [0.717, 1.165) is 17.0 Å². The van der Waals surface area contributed by atoms with E-state index in [9.17, 15) is 4.39 Å². The summed E-state index contributed by atoms with van der Waals surface area (Å²) in [6.45, 7) is 3.37. The molecule has 0 saturated carbocycles. The van der Waals surface area contributed by atoms with Crippen molar-refractivity contribution in [3.63, 3.8) is 0 Å². The largest absolute Gasteiger partial charge is 0.307 e. The Bertz CT molecular complexity index is 543. The highest BCUT2D eigenvalue weighted by Crippen LogP contribution is 2.16. The number of nitrogens with one attached hydrogen (secondary N) is 1. The first kappa shape index (κ1) is 13.2. The summed E-state index contributed by atoms with van der Waals surface area (Å²) < 4.78 is 13.5. The van der Waals surface area contributed by atoms with Crippen molar-refractivity contribution in [2.75, 3.05) is 0 Å². The molecule has 0 aliphatic carbocycles. The Morgan fingerprint density at radius 1 is 1.22 bits per heavy atom. The summed E-state index contributed by atoms with van der Waals surface area (Å²) in [5, 5.41) is 3.29. The van der Waals surface area contributed by atoms with Gasteiger partial charge in [-0.15, -0.1) is 0 Å². The maximum absolute atomic E-state index is 13.1. The van der Waals surface area contributed by atoms with Crippen molar-refractivity contribution < 1.29 is 4.39 Å². The molecule has 2 aromatic rings. The minimum absolute atomic E-state index is 0.237. The smallest absolute Gasteiger partial charge is 0.137 e. The number of nitrogens with zero attached hydrogens (tertiary/aromatic N) is 1. The molecule has 1 aromatic carbocycles. The Kier molecular flexibility index (Phi) is 4.44. The lowest BCUT2D eigenvalue weighted by molar-refractivity contribution is 0.617. The first-order valence-corrected chi connectivity index (χ1v) is 6.51. The van der Waals surface area contributed by atoms with E-state index in [0.29, 0.717) is 17.6 Å². The Morgan fingerprint density at radius 3 is 2.78 bits per heavy atom. The van der Waals surface area contributed by atoms with Crippen molar-refractivity contribution in [1.82, 2.24) is 10.3 Å². The van der Waals surface area contributed by atoms with Gasteiger partial charge in [0, 0.05) is 18.8 Å². The molecule has 0 fully saturated rings. The Labute approximate surface area is 114 Å². The second-order valence-electron chi connectivity index (χ2n) is 4.12. The summed E-state index contributed by atoms with van der Waals surface area (Å²) >= 11 is 3.18. The van der Waals surface area contributed by atoms with Crippen LogP contribution in [0.5, 0.6) is 0 Å². The number of hydrogen-bond acceptors (Lipinski definition) is 2. The maximum Gasteiger partial charge on any atom is 0.137 e. The molecule has 2 nitrogen and oxygen atoms in total. The Morgan fingerprint density at radius 2 is 2.06 bits per heavy atom. The van der Waals surface area contributed by atoms with Gasteiger partial charge < -0.3 is 5.32 Å². The molecule has 0 aliphatic heterocycles. The van der Waals surface area contributed by atoms with Gasteiger partial charge in [0.2, 0.25) is 0 Å². The fraction of sp³-hybridized carbons (Fsp3) is 0.214. The average Bonchev–Trinajstić information content (AvgIpc) is 2.34. The van der Waals surface area contributed by atoms with Crippen LogP contribution >= 0.6 is 15.9 Å². The Hall–Kier alpha value is -1.26. The maximum atomic E-state index is 13.1. The second-order valence-corrected chi connectivity index (χ2v) is 4.98. The summed E-state index contributed by atoms with van der Waals surface area (Å²) in [7, 11) is 0. The fourth-order valence-electron chi connectivity index (χ4n) is 1.68. The normalized spacial score (nSPS) is 10.6.